The van der Waals surface area contributed by atoms with Gasteiger partial charge in [-0.15, -0.1) is 6.42 Å². The van der Waals surface area contributed by atoms with Crippen LogP contribution in [0.4, 0.5) is 0 Å². The van der Waals surface area contributed by atoms with Crippen LogP contribution in [0.25, 0.3) is 0 Å². The zero-order chi connectivity index (χ0) is 12.7. The molecule has 3 N–H and O–H groups in total. The molecule has 0 saturated heterocycles. The zero-order valence-electron chi connectivity index (χ0n) is 10.0. The highest BCUT2D eigenvalue weighted by Gasteiger charge is 2.14. The first-order valence-electron chi connectivity index (χ1n) is 5.69. The average Bonchev–Trinajstić information content (AvgIpc) is 2.36. The number of nitrogens with one attached hydrogen (secondary N) is 1. The van der Waals surface area contributed by atoms with Crippen molar-refractivity contribution in [3.63, 3.8) is 0 Å². The van der Waals surface area contributed by atoms with E-state index in [9.17, 15) is 4.79 Å². The molecule has 3 heteroatoms. The standard InChI is InChI=1S/C14H18N2O/c1-3-11(2)16-14(17)13(15)10-9-12-7-5-4-6-8-12/h1,4-8,11,13H,9-10,15H2,2H3,(H,16,17)/t11?,13-/m0/s1. The molecule has 17 heavy (non-hydrogen) atoms. The van der Waals surface area contributed by atoms with Gasteiger partial charge in [0.2, 0.25) is 5.91 Å². The largest absolute Gasteiger partial charge is 0.341 e. The molecule has 0 fully saturated rings. The number of hydrogen-bond donors (Lipinski definition) is 2. The first-order chi connectivity index (χ1) is 8.13. The molecule has 3 nitrogen and oxygen atoms in total. The highest BCUT2D eigenvalue weighted by molar-refractivity contribution is 5.82. The van der Waals surface area contributed by atoms with Crippen molar-refractivity contribution in [3.8, 4) is 12.3 Å². The summed E-state index contributed by atoms with van der Waals surface area (Å²) < 4.78 is 0. The van der Waals surface area contributed by atoms with E-state index in [1.807, 2.05) is 30.3 Å². The third kappa shape index (κ3) is 4.71. The van der Waals surface area contributed by atoms with Crippen molar-refractivity contribution in [3.05, 3.63) is 35.9 Å². The number of terminal acetylenes is 1. The fourth-order valence-electron chi connectivity index (χ4n) is 1.46. The maximum Gasteiger partial charge on any atom is 0.237 e. The summed E-state index contributed by atoms with van der Waals surface area (Å²) >= 11 is 0. The summed E-state index contributed by atoms with van der Waals surface area (Å²) in [4.78, 5) is 11.6. The van der Waals surface area contributed by atoms with E-state index in [4.69, 9.17) is 12.2 Å². The molecular formula is C14H18N2O. The molecule has 0 aliphatic rings. The topological polar surface area (TPSA) is 55.1 Å². The third-order valence-corrected chi connectivity index (χ3v) is 2.53. The Morgan fingerprint density at radius 1 is 1.47 bits per heavy atom. The number of amides is 1. The second-order valence-corrected chi connectivity index (χ2v) is 4.03. The Morgan fingerprint density at radius 2 is 2.12 bits per heavy atom. The van der Waals surface area contributed by atoms with Crippen LogP contribution in [0.5, 0.6) is 0 Å². The van der Waals surface area contributed by atoms with Crippen LogP contribution >= 0.6 is 0 Å². The maximum atomic E-state index is 11.6. The average molecular weight is 230 g/mol. The van der Waals surface area contributed by atoms with Crippen LogP contribution in [0.1, 0.15) is 18.9 Å². The third-order valence-electron chi connectivity index (χ3n) is 2.53. The van der Waals surface area contributed by atoms with Crippen molar-refractivity contribution in [2.45, 2.75) is 31.8 Å². The van der Waals surface area contributed by atoms with E-state index in [1.54, 1.807) is 6.92 Å². The molecule has 1 amide bonds. The Balaban J connectivity index is 2.37. The van der Waals surface area contributed by atoms with E-state index < -0.39 is 6.04 Å². The summed E-state index contributed by atoms with van der Waals surface area (Å²) in [6.45, 7) is 1.75. The quantitative estimate of drug-likeness (QED) is 0.744. The van der Waals surface area contributed by atoms with Crippen molar-refractivity contribution in [2.24, 2.45) is 5.73 Å². The Hall–Kier alpha value is -1.79. The van der Waals surface area contributed by atoms with Gasteiger partial charge in [-0.05, 0) is 25.3 Å². The molecule has 90 valence electrons. The van der Waals surface area contributed by atoms with Gasteiger partial charge >= 0.3 is 0 Å². The normalized spacial score (nSPS) is 13.5. The molecule has 0 aliphatic carbocycles. The van der Waals surface area contributed by atoms with Gasteiger partial charge in [0.1, 0.15) is 0 Å². The van der Waals surface area contributed by atoms with Crippen molar-refractivity contribution in [1.82, 2.24) is 5.32 Å². The molecule has 0 saturated carbocycles. The number of aryl methyl sites for hydroxylation is 1. The van der Waals surface area contributed by atoms with Gasteiger partial charge in [-0.3, -0.25) is 4.79 Å². The Labute approximate surface area is 102 Å². The summed E-state index contributed by atoms with van der Waals surface area (Å²) in [5.74, 6) is 2.25. The van der Waals surface area contributed by atoms with Crippen molar-refractivity contribution < 1.29 is 4.79 Å². The van der Waals surface area contributed by atoms with Gasteiger partial charge in [-0.25, -0.2) is 0 Å². The van der Waals surface area contributed by atoms with E-state index in [0.717, 1.165) is 6.42 Å². The van der Waals surface area contributed by atoms with Crippen LogP contribution in [0.15, 0.2) is 30.3 Å². The Bertz CT molecular complexity index is 394. The van der Waals surface area contributed by atoms with Crippen LogP contribution < -0.4 is 11.1 Å². The van der Waals surface area contributed by atoms with Crippen molar-refractivity contribution >= 4 is 5.91 Å². The van der Waals surface area contributed by atoms with Gasteiger partial charge in [0.15, 0.2) is 0 Å². The molecule has 1 rings (SSSR count). The molecule has 2 atom stereocenters. The SMILES string of the molecule is C#CC(C)NC(=O)[C@@H](N)CCc1ccccc1. The van der Waals surface area contributed by atoms with Gasteiger partial charge in [-0.1, -0.05) is 36.3 Å². The Kier molecular flexibility index (Phi) is 5.25. The number of carbonyl (C=O) groups is 1. The second kappa shape index (κ2) is 6.72. The number of carbonyl (C=O) groups excluding carboxylic acids is 1. The minimum absolute atomic E-state index is 0.189. The highest BCUT2D eigenvalue weighted by Crippen LogP contribution is 2.04. The minimum Gasteiger partial charge on any atom is -0.341 e. The van der Waals surface area contributed by atoms with E-state index in [-0.39, 0.29) is 11.9 Å². The summed E-state index contributed by atoms with van der Waals surface area (Å²) in [6.07, 6.45) is 6.59. The van der Waals surface area contributed by atoms with Gasteiger partial charge in [0.05, 0.1) is 12.1 Å². The van der Waals surface area contributed by atoms with Gasteiger partial charge in [0, 0.05) is 0 Å². The minimum atomic E-state index is -0.508. The van der Waals surface area contributed by atoms with E-state index in [2.05, 4.69) is 11.2 Å². The van der Waals surface area contributed by atoms with Crippen LogP contribution in [-0.4, -0.2) is 18.0 Å². The maximum absolute atomic E-state index is 11.6. The predicted octanol–water partition coefficient (Wildman–Crippen LogP) is 1.08. The molecule has 1 aromatic carbocycles. The number of benzene rings is 1. The molecule has 1 aromatic rings. The van der Waals surface area contributed by atoms with E-state index in [0.29, 0.717) is 6.42 Å². The van der Waals surface area contributed by atoms with Crippen LogP contribution in [0.3, 0.4) is 0 Å². The lowest BCUT2D eigenvalue weighted by Crippen LogP contribution is -2.44. The second-order valence-electron chi connectivity index (χ2n) is 4.03. The zero-order valence-corrected chi connectivity index (χ0v) is 10.0. The lowest BCUT2D eigenvalue weighted by atomic mass is 10.1. The fourth-order valence-corrected chi connectivity index (χ4v) is 1.46. The van der Waals surface area contributed by atoms with Gasteiger partial charge in [-0.2, -0.15) is 0 Å². The molecule has 0 spiro atoms. The molecule has 0 bridgehead atoms. The number of hydrogen-bond acceptors (Lipinski definition) is 2. The predicted molar refractivity (Wildman–Crippen MR) is 69.2 cm³/mol. The lowest BCUT2D eigenvalue weighted by Gasteiger charge is -2.13. The van der Waals surface area contributed by atoms with E-state index >= 15 is 0 Å². The van der Waals surface area contributed by atoms with Crippen LogP contribution in [0.2, 0.25) is 0 Å². The summed E-state index contributed by atoms with van der Waals surface area (Å²) in [5, 5.41) is 2.67. The fraction of sp³-hybridized carbons (Fsp3) is 0.357. The highest BCUT2D eigenvalue weighted by atomic mass is 16.2. The molecule has 0 aromatic heterocycles. The summed E-state index contributed by atoms with van der Waals surface area (Å²) in [6, 6.07) is 9.17. The molecule has 0 radical (unpaired) electrons. The first kappa shape index (κ1) is 13.3. The smallest absolute Gasteiger partial charge is 0.237 e. The molecule has 1 unspecified atom stereocenters. The van der Waals surface area contributed by atoms with Crippen LogP contribution in [-0.2, 0) is 11.2 Å². The van der Waals surface area contributed by atoms with E-state index in [1.165, 1.54) is 5.56 Å². The lowest BCUT2D eigenvalue weighted by molar-refractivity contribution is -0.122. The number of nitrogens with two attached hydrogens (primary N) is 1. The van der Waals surface area contributed by atoms with Crippen LogP contribution in [0, 0.1) is 12.3 Å². The van der Waals surface area contributed by atoms with Crippen molar-refractivity contribution in [2.75, 3.05) is 0 Å². The first-order valence-corrected chi connectivity index (χ1v) is 5.69. The Morgan fingerprint density at radius 3 is 2.71 bits per heavy atom. The summed E-state index contributed by atoms with van der Waals surface area (Å²) in [7, 11) is 0. The molecule has 0 aliphatic heterocycles. The van der Waals surface area contributed by atoms with Gasteiger partial charge in [0.25, 0.3) is 0 Å². The van der Waals surface area contributed by atoms with Gasteiger partial charge < -0.3 is 11.1 Å². The molecule has 0 heterocycles. The molecular weight excluding hydrogens is 212 g/mol. The monoisotopic (exact) mass is 230 g/mol. The summed E-state index contributed by atoms with van der Waals surface area (Å²) in [5.41, 5.74) is 6.97. The van der Waals surface area contributed by atoms with Crippen molar-refractivity contribution in [1.29, 1.82) is 0 Å². The number of rotatable bonds is 5.